The summed E-state index contributed by atoms with van der Waals surface area (Å²) < 4.78 is 39.9. The molecule has 0 bridgehead atoms. The van der Waals surface area contributed by atoms with Gasteiger partial charge in [-0.15, -0.1) is 58.5 Å². The predicted octanol–water partition coefficient (Wildman–Crippen LogP) is 14.3. The molecule has 0 unspecified atom stereocenters. The van der Waals surface area contributed by atoms with Gasteiger partial charge in [-0.3, -0.25) is 9.97 Å². The number of aryl methyl sites for hydroxylation is 3. The molecule has 0 atom stereocenters. The molecule has 0 saturated heterocycles. The first-order chi connectivity index (χ1) is 32.1. The zero-order valence-corrected chi connectivity index (χ0v) is 42.3. The summed E-state index contributed by atoms with van der Waals surface area (Å²) in [5.41, 5.74) is 14.2. The maximum Gasteiger partial charge on any atom is 0.0889 e. The van der Waals surface area contributed by atoms with Crippen LogP contribution in [0.2, 0.25) is 0 Å². The van der Waals surface area contributed by atoms with Gasteiger partial charge in [0.05, 0.1) is 18.2 Å². The number of hydrogen-bond acceptors (Lipinski definition) is 4. The van der Waals surface area contributed by atoms with E-state index in [-0.39, 0.29) is 90.0 Å². The van der Waals surface area contributed by atoms with Crippen LogP contribution in [0.15, 0.2) is 213 Å². The molecule has 6 aromatic carbocycles. The minimum atomic E-state index is -0.397. The molecule has 4 nitrogen and oxygen atoms in total. The Hall–Kier alpha value is -5.87. The molecule has 0 saturated carbocycles. The number of fused-ring (bicyclic) bond motifs is 1. The van der Waals surface area contributed by atoms with Crippen LogP contribution in [0.4, 0.5) is 0 Å². The molecular formula is C57H44Ir3N4-2. The van der Waals surface area contributed by atoms with Crippen LogP contribution in [0.3, 0.4) is 0 Å². The van der Waals surface area contributed by atoms with Crippen molar-refractivity contribution in [2.24, 2.45) is 0 Å². The fourth-order valence-electron chi connectivity index (χ4n) is 7.04. The van der Waals surface area contributed by atoms with Crippen LogP contribution in [-0.4, -0.2) is 19.9 Å². The molecule has 0 aliphatic rings. The van der Waals surface area contributed by atoms with E-state index in [2.05, 4.69) is 101 Å². The Morgan fingerprint density at radius 2 is 0.969 bits per heavy atom. The van der Waals surface area contributed by atoms with E-state index in [0.717, 1.165) is 50.2 Å². The zero-order chi connectivity index (χ0) is 46.2. The van der Waals surface area contributed by atoms with Gasteiger partial charge in [0.1, 0.15) is 0 Å². The fourth-order valence-corrected chi connectivity index (χ4v) is 7.04. The minimum absolute atomic E-state index is 0. The van der Waals surface area contributed by atoms with Crippen LogP contribution in [0.1, 0.15) is 23.5 Å². The predicted molar refractivity (Wildman–Crippen MR) is 253 cm³/mol. The van der Waals surface area contributed by atoms with E-state index in [1.54, 1.807) is 12.4 Å². The first-order valence-electron chi connectivity index (χ1n) is 22.5. The summed E-state index contributed by atoms with van der Waals surface area (Å²) in [7, 11) is 0. The van der Waals surface area contributed by atoms with E-state index in [1.807, 2.05) is 122 Å². The van der Waals surface area contributed by atoms with Crippen molar-refractivity contribution in [2.45, 2.75) is 20.8 Å². The molecule has 3 radical (unpaired) electrons. The molecule has 10 aromatic rings. The average Bonchev–Trinajstić information content (AvgIpc) is 3.37. The SMILES string of the molecule is Cc1cc(-c2ccccn2)[c-]cc1-c1ccccc1.Cc1cc(-c2ccccn2)ncc1-c1ccccc1.[2H]c1c([2H])c([2H])c(-c2cnc(-c3[c-]ccc4ccccc34)cc2C)c([2H])c1[2H].[Ir].[Ir].[Ir]. The quantitative estimate of drug-likeness (QED) is 0.156. The Balaban J connectivity index is 0.000000194. The van der Waals surface area contributed by atoms with Crippen LogP contribution >= 0.6 is 0 Å². The van der Waals surface area contributed by atoms with Gasteiger partial charge in [-0.2, -0.15) is 0 Å². The summed E-state index contributed by atoms with van der Waals surface area (Å²) >= 11 is 0. The molecule has 7 heteroatoms. The Labute approximate surface area is 424 Å². The van der Waals surface area contributed by atoms with Crippen molar-refractivity contribution in [3.05, 3.63) is 242 Å². The second-order valence-corrected chi connectivity index (χ2v) is 14.3. The van der Waals surface area contributed by atoms with E-state index >= 15 is 0 Å². The number of pyridine rings is 4. The van der Waals surface area contributed by atoms with Crippen molar-refractivity contribution >= 4 is 10.8 Å². The third-order valence-electron chi connectivity index (χ3n) is 10.2. The van der Waals surface area contributed by atoms with E-state index in [0.29, 0.717) is 5.56 Å². The van der Waals surface area contributed by atoms with Crippen LogP contribution in [0.25, 0.3) is 78.1 Å². The Morgan fingerprint density at radius 1 is 0.438 bits per heavy atom. The summed E-state index contributed by atoms with van der Waals surface area (Å²) in [6.45, 7) is 6.09. The van der Waals surface area contributed by atoms with E-state index < -0.39 is 6.04 Å². The third-order valence-corrected chi connectivity index (χ3v) is 10.2. The van der Waals surface area contributed by atoms with Gasteiger partial charge < -0.3 is 9.97 Å². The molecule has 0 aliphatic carbocycles. The van der Waals surface area contributed by atoms with Gasteiger partial charge >= 0.3 is 0 Å². The molecule has 0 fully saturated rings. The van der Waals surface area contributed by atoms with Crippen LogP contribution in [0.5, 0.6) is 0 Å². The van der Waals surface area contributed by atoms with Gasteiger partial charge in [-0.05, 0) is 71.8 Å². The van der Waals surface area contributed by atoms with Gasteiger partial charge in [0.15, 0.2) is 0 Å². The maximum absolute atomic E-state index is 8.19. The second kappa shape index (κ2) is 24.3. The smallest absolute Gasteiger partial charge is 0.0889 e. The standard InChI is InChI=1S/C22H16N.C18H14N.C17H14N2.3Ir/c1-16-14-22(23-15-21(16)18-8-3-2-4-9-18)20-13-7-11-17-10-5-6-12-19(17)20;1-14-13-16(18-9-5-6-12-19-18)10-11-17(14)15-7-3-2-4-8-15;1-13-11-17(16-9-5-6-10-18-16)19-12-15(13)14-7-3-2-4-8-14;;;/h2-12,14-15H,1H3;2-9,11-13H,1H3;2-12H,1H3;;;/q2*-1;;;;/i2D,3D,4D,8D,9D;;;;;. The number of nitrogens with zero attached hydrogens (tertiary/aromatic N) is 4. The molecule has 0 spiro atoms. The van der Waals surface area contributed by atoms with Crippen molar-refractivity contribution in [2.75, 3.05) is 0 Å². The molecular weight excluding hydrogens is 1320 g/mol. The first-order valence-corrected chi connectivity index (χ1v) is 20.0. The second-order valence-electron chi connectivity index (χ2n) is 14.3. The van der Waals surface area contributed by atoms with Gasteiger partial charge in [-0.1, -0.05) is 163 Å². The molecule has 0 aliphatic heterocycles. The number of aromatic nitrogens is 4. The van der Waals surface area contributed by atoms with Crippen LogP contribution in [-0.2, 0) is 60.3 Å². The molecule has 10 rings (SSSR count). The zero-order valence-electron chi connectivity index (χ0n) is 40.1. The Bertz CT molecular complexity index is 3140. The summed E-state index contributed by atoms with van der Waals surface area (Å²) in [4.78, 5) is 17.7. The first kappa shape index (κ1) is 42.1. The van der Waals surface area contributed by atoms with Crippen molar-refractivity contribution in [1.82, 2.24) is 19.9 Å². The van der Waals surface area contributed by atoms with Gasteiger partial charge in [-0.25, -0.2) is 0 Å². The molecule has 4 aromatic heterocycles. The monoisotopic (exact) mass is 1370 g/mol. The molecule has 4 heterocycles. The number of rotatable bonds is 6. The molecule has 321 valence electrons. The summed E-state index contributed by atoms with van der Waals surface area (Å²) in [5.74, 6) is 0. The van der Waals surface area contributed by atoms with Gasteiger partial charge in [0.25, 0.3) is 0 Å². The minimum Gasteiger partial charge on any atom is -0.305 e. The third kappa shape index (κ3) is 12.2. The van der Waals surface area contributed by atoms with Gasteiger partial charge in [0.2, 0.25) is 0 Å². The molecule has 64 heavy (non-hydrogen) atoms. The van der Waals surface area contributed by atoms with Crippen LogP contribution < -0.4 is 0 Å². The Morgan fingerprint density at radius 3 is 1.58 bits per heavy atom. The topological polar surface area (TPSA) is 51.6 Å². The van der Waals surface area contributed by atoms with Crippen molar-refractivity contribution < 1.29 is 67.2 Å². The molecule has 0 amide bonds. The Kier molecular flexibility index (Phi) is 16.0. The van der Waals surface area contributed by atoms with Crippen molar-refractivity contribution in [1.29, 1.82) is 0 Å². The average molecular weight is 1370 g/mol. The van der Waals surface area contributed by atoms with Crippen molar-refractivity contribution in [3.8, 4) is 67.3 Å². The van der Waals surface area contributed by atoms with E-state index in [9.17, 15) is 0 Å². The fraction of sp³-hybridized carbons (Fsp3) is 0.0526. The van der Waals surface area contributed by atoms with E-state index in [1.165, 1.54) is 33.4 Å². The van der Waals surface area contributed by atoms with Crippen LogP contribution in [0, 0.1) is 32.9 Å². The largest absolute Gasteiger partial charge is 0.305 e. The van der Waals surface area contributed by atoms with Crippen molar-refractivity contribution in [3.63, 3.8) is 0 Å². The number of hydrogen-bond donors (Lipinski definition) is 0. The summed E-state index contributed by atoms with van der Waals surface area (Å²) in [6, 6.07) is 57.5. The normalized spacial score (nSPS) is 11.1. The summed E-state index contributed by atoms with van der Waals surface area (Å²) in [6.07, 6.45) is 7.10. The number of benzene rings is 6. The van der Waals surface area contributed by atoms with Gasteiger partial charge in [0, 0.05) is 96.2 Å². The molecule has 0 N–H and O–H groups in total. The van der Waals surface area contributed by atoms with E-state index in [4.69, 9.17) is 6.85 Å². The maximum atomic E-state index is 8.19. The summed E-state index contributed by atoms with van der Waals surface area (Å²) in [5, 5.41) is 2.12.